The van der Waals surface area contributed by atoms with Crippen LogP contribution in [0.15, 0.2) is 24.3 Å². The smallest absolute Gasteiger partial charge is 0.323 e. The molecule has 0 aliphatic carbocycles. The Kier molecular flexibility index (Phi) is 5.41. The molecule has 19 heavy (non-hydrogen) atoms. The van der Waals surface area contributed by atoms with E-state index in [0.29, 0.717) is 5.56 Å². The van der Waals surface area contributed by atoms with Gasteiger partial charge in [0.1, 0.15) is 11.9 Å². The van der Waals surface area contributed by atoms with Gasteiger partial charge in [0.2, 0.25) is 0 Å². The number of aliphatic hydroxyl groups is 2. The molecule has 1 aromatic rings. The zero-order chi connectivity index (χ0) is 14.6. The predicted octanol–water partition coefficient (Wildman–Crippen LogP) is 0.671. The Morgan fingerprint density at radius 2 is 1.74 bits per heavy atom. The van der Waals surface area contributed by atoms with Gasteiger partial charge in [0.25, 0.3) is 0 Å². The summed E-state index contributed by atoms with van der Waals surface area (Å²) < 4.78 is 12.8. The highest BCUT2D eigenvalue weighted by Crippen LogP contribution is 2.17. The summed E-state index contributed by atoms with van der Waals surface area (Å²) in [5.41, 5.74) is 0.469. The zero-order valence-corrected chi connectivity index (χ0v) is 10.7. The van der Waals surface area contributed by atoms with E-state index in [1.165, 1.54) is 31.2 Å². The van der Waals surface area contributed by atoms with Crippen molar-refractivity contribution in [2.24, 2.45) is 0 Å². The molecule has 0 amide bonds. The fraction of sp³-hybridized carbons (Fsp3) is 0.462. The molecule has 4 N–H and O–H groups in total. The molecular weight excluding hydrogens is 253 g/mol. The van der Waals surface area contributed by atoms with E-state index in [1.807, 2.05) is 0 Å². The van der Waals surface area contributed by atoms with Crippen LogP contribution in [-0.4, -0.2) is 39.5 Å². The lowest BCUT2D eigenvalue weighted by Gasteiger charge is -2.26. The van der Waals surface area contributed by atoms with Crippen LogP contribution in [0.5, 0.6) is 0 Å². The van der Waals surface area contributed by atoms with Crippen LogP contribution in [0.1, 0.15) is 25.5 Å². The first-order chi connectivity index (χ1) is 8.82. The molecule has 0 aromatic heterocycles. The number of aliphatic hydroxyl groups excluding tert-OH is 2. The lowest BCUT2D eigenvalue weighted by atomic mass is 10.0. The average molecular weight is 271 g/mol. The third-order valence-electron chi connectivity index (χ3n) is 2.88. The summed E-state index contributed by atoms with van der Waals surface area (Å²) in [6.45, 7) is 2.94. The molecule has 1 rings (SSSR count). The number of carboxylic acid groups (broad SMARTS) is 1. The molecule has 4 atom stereocenters. The van der Waals surface area contributed by atoms with Gasteiger partial charge in [-0.15, -0.1) is 0 Å². The van der Waals surface area contributed by atoms with Crippen molar-refractivity contribution in [2.45, 2.75) is 38.1 Å². The molecule has 106 valence electrons. The number of carboxylic acids is 1. The van der Waals surface area contributed by atoms with E-state index in [9.17, 15) is 19.4 Å². The second kappa shape index (κ2) is 6.60. The largest absolute Gasteiger partial charge is 0.480 e. The van der Waals surface area contributed by atoms with Crippen molar-refractivity contribution < 1.29 is 24.5 Å². The van der Waals surface area contributed by atoms with Gasteiger partial charge in [-0.3, -0.25) is 10.1 Å². The van der Waals surface area contributed by atoms with Gasteiger partial charge in [-0.2, -0.15) is 0 Å². The fourth-order valence-electron chi connectivity index (χ4n) is 1.74. The topological polar surface area (TPSA) is 89.8 Å². The van der Waals surface area contributed by atoms with Crippen LogP contribution < -0.4 is 5.32 Å². The molecule has 4 unspecified atom stereocenters. The first kappa shape index (κ1) is 15.6. The highest BCUT2D eigenvalue weighted by molar-refractivity contribution is 5.74. The molecule has 0 radical (unpaired) electrons. The van der Waals surface area contributed by atoms with Crippen molar-refractivity contribution >= 4 is 5.97 Å². The van der Waals surface area contributed by atoms with Crippen molar-refractivity contribution in [1.82, 2.24) is 5.32 Å². The normalized spacial score (nSPS) is 17.5. The first-order valence-corrected chi connectivity index (χ1v) is 5.93. The van der Waals surface area contributed by atoms with Gasteiger partial charge in [0.05, 0.1) is 12.2 Å². The Bertz CT molecular complexity index is 421. The number of benzene rings is 1. The Balaban J connectivity index is 2.73. The molecule has 6 heteroatoms. The predicted molar refractivity (Wildman–Crippen MR) is 67.1 cm³/mol. The van der Waals surface area contributed by atoms with Gasteiger partial charge in [-0.25, -0.2) is 4.39 Å². The molecule has 0 spiro atoms. The molecule has 0 bridgehead atoms. The Morgan fingerprint density at radius 3 is 2.16 bits per heavy atom. The summed E-state index contributed by atoms with van der Waals surface area (Å²) in [5, 5.41) is 30.9. The lowest BCUT2D eigenvalue weighted by molar-refractivity contribution is -0.142. The number of hydrogen-bond donors (Lipinski definition) is 4. The summed E-state index contributed by atoms with van der Waals surface area (Å²) in [6.07, 6.45) is -2.10. The summed E-state index contributed by atoms with van der Waals surface area (Å²) in [5.74, 6) is -1.61. The second-order valence-corrected chi connectivity index (χ2v) is 4.51. The second-order valence-electron chi connectivity index (χ2n) is 4.51. The van der Waals surface area contributed by atoms with Gasteiger partial charge in [0, 0.05) is 6.04 Å². The van der Waals surface area contributed by atoms with Gasteiger partial charge < -0.3 is 15.3 Å². The number of nitrogens with one attached hydrogen (secondary N) is 1. The van der Waals surface area contributed by atoms with Crippen molar-refractivity contribution in [2.75, 3.05) is 0 Å². The summed E-state index contributed by atoms with van der Waals surface area (Å²) in [4.78, 5) is 10.9. The van der Waals surface area contributed by atoms with Crippen molar-refractivity contribution in [3.8, 4) is 0 Å². The molecule has 0 fully saturated rings. The molecule has 0 aliphatic rings. The zero-order valence-electron chi connectivity index (χ0n) is 10.7. The maximum absolute atomic E-state index is 12.8. The van der Waals surface area contributed by atoms with Crippen LogP contribution in [0.3, 0.4) is 0 Å². The maximum atomic E-state index is 12.8. The van der Waals surface area contributed by atoms with E-state index < -0.39 is 36.1 Å². The molecular formula is C13H18FNO4. The summed E-state index contributed by atoms with van der Waals surface area (Å²) >= 11 is 0. The quantitative estimate of drug-likeness (QED) is 0.610. The van der Waals surface area contributed by atoms with Crippen LogP contribution in [0.2, 0.25) is 0 Å². The van der Waals surface area contributed by atoms with Gasteiger partial charge >= 0.3 is 5.97 Å². The number of carbonyl (C=O) groups is 1. The Morgan fingerprint density at radius 1 is 1.21 bits per heavy atom. The van der Waals surface area contributed by atoms with E-state index in [-0.39, 0.29) is 0 Å². The van der Waals surface area contributed by atoms with Gasteiger partial charge in [0.15, 0.2) is 0 Å². The molecule has 0 heterocycles. The molecule has 0 saturated heterocycles. The molecule has 0 aliphatic heterocycles. The van der Waals surface area contributed by atoms with Crippen LogP contribution in [0, 0.1) is 5.82 Å². The Hall–Kier alpha value is -1.50. The maximum Gasteiger partial charge on any atom is 0.323 e. The highest BCUT2D eigenvalue weighted by Gasteiger charge is 2.27. The van der Waals surface area contributed by atoms with Crippen LogP contribution in [0.4, 0.5) is 4.39 Å². The lowest BCUT2D eigenvalue weighted by Crippen LogP contribution is -2.50. The highest BCUT2D eigenvalue weighted by atomic mass is 19.1. The van der Waals surface area contributed by atoms with Crippen LogP contribution >= 0.6 is 0 Å². The minimum Gasteiger partial charge on any atom is -0.480 e. The monoisotopic (exact) mass is 271 g/mol. The van der Waals surface area contributed by atoms with Crippen molar-refractivity contribution in [1.29, 1.82) is 0 Å². The number of rotatable bonds is 6. The standard InChI is InChI=1S/C13H18FNO4/c1-7(15-11(8(2)16)13(18)19)12(17)9-3-5-10(14)6-4-9/h3-8,11-12,15-17H,1-2H3,(H,18,19). The number of aliphatic carboxylic acids is 1. The molecule has 5 nitrogen and oxygen atoms in total. The average Bonchev–Trinajstić information content (AvgIpc) is 2.34. The van der Waals surface area contributed by atoms with E-state index in [2.05, 4.69) is 5.32 Å². The molecule has 0 saturated carbocycles. The minimum absolute atomic E-state index is 0.413. The SMILES string of the molecule is CC(O)C(NC(C)C(O)c1ccc(F)cc1)C(=O)O. The van der Waals surface area contributed by atoms with E-state index in [4.69, 9.17) is 5.11 Å². The minimum atomic E-state index is -1.20. The number of halogens is 1. The number of hydrogen-bond acceptors (Lipinski definition) is 4. The van der Waals surface area contributed by atoms with Crippen LogP contribution in [-0.2, 0) is 4.79 Å². The van der Waals surface area contributed by atoms with Gasteiger partial charge in [-0.1, -0.05) is 12.1 Å². The van der Waals surface area contributed by atoms with E-state index >= 15 is 0 Å². The van der Waals surface area contributed by atoms with Gasteiger partial charge in [-0.05, 0) is 31.5 Å². The van der Waals surface area contributed by atoms with Crippen molar-refractivity contribution in [3.05, 3.63) is 35.6 Å². The Labute approximate surface area is 110 Å². The van der Waals surface area contributed by atoms with E-state index in [0.717, 1.165) is 0 Å². The summed E-state index contributed by atoms with van der Waals surface area (Å²) in [6, 6.07) is 3.50. The summed E-state index contributed by atoms with van der Waals surface area (Å²) in [7, 11) is 0. The fourth-order valence-corrected chi connectivity index (χ4v) is 1.74. The third-order valence-corrected chi connectivity index (χ3v) is 2.88. The van der Waals surface area contributed by atoms with Crippen LogP contribution in [0.25, 0.3) is 0 Å². The molecule has 1 aromatic carbocycles. The first-order valence-electron chi connectivity index (χ1n) is 5.93. The third kappa shape index (κ3) is 4.27. The van der Waals surface area contributed by atoms with Crippen molar-refractivity contribution in [3.63, 3.8) is 0 Å². The van der Waals surface area contributed by atoms with E-state index in [1.54, 1.807) is 6.92 Å².